The summed E-state index contributed by atoms with van der Waals surface area (Å²) in [6.07, 6.45) is 4.36. The molecule has 0 spiro atoms. The van der Waals surface area contributed by atoms with Crippen LogP contribution in [0.4, 0.5) is 5.69 Å². The summed E-state index contributed by atoms with van der Waals surface area (Å²) in [5, 5.41) is 12.9. The largest absolute Gasteiger partial charge is 0.313 e. The lowest BCUT2D eigenvalue weighted by Gasteiger charge is -2.13. The maximum absolute atomic E-state index is 12.7. The van der Waals surface area contributed by atoms with Gasteiger partial charge in [0.05, 0.1) is 27.5 Å². The first-order valence-corrected chi connectivity index (χ1v) is 11.8. The number of hydrogen-bond acceptors (Lipinski definition) is 7. The van der Waals surface area contributed by atoms with Crippen LogP contribution in [0.3, 0.4) is 0 Å². The van der Waals surface area contributed by atoms with Crippen molar-refractivity contribution in [3.8, 4) is 5.69 Å². The highest BCUT2D eigenvalue weighted by Gasteiger charge is 2.18. The molecule has 34 heavy (non-hydrogen) atoms. The summed E-state index contributed by atoms with van der Waals surface area (Å²) in [4.78, 5) is 21.8. The second-order valence-corrected chi connectivity index (χ2v) is 9.72. The van der Waals surface area contributed by atoms with Gasteiger partial charge in [-0.1, -0.05) is 24.3 Å². The minimum absolute atomic E-state index is 0.0766. The number of pyridine rings is 1. The first-order valence-electron chi connectivity index (χ1n) is 10.3. The first-order chi connectivity index (χ1) is 16.3. The summed E-state index contributed by atoms with van der Waals surface area (Å²) >= 11 is 0. The van der Waals surface area contributed by atoms with Crippen LogP contribution in [-0.2, 0) is 10.0 Å². The van der Waals surface area contributed by atoms with Gasteiger partial charge in [0.1, 0.15) is 0 Å². The van der Waals surface area contributed by atoms with E-state index >= 15 is 0 Å². The van der Waals surface area contributed by atoms with E-state index in [1.807, 2.05) is 24.3 Å². The Balaban J connectivity index is 1.85. The van der Waals surface area contributed by atoms with Crippen molar-refractivity contribution in [1.29, 1.82) is 5.41 Å². The maximum Gasteiger partial charge on any atom is 0.242 e. The number of sulfonamides is 1. The van der Waals surface area contributed by atoms with E-state index < -0.39 is 10.0 Å². The summed E-state index contributed by atoms with van der Waals surface area (Å²) in [5.41, 5.74) is 1.88. The molecule has 0 unspecified atom stereocenters. The van der Waals surface area contributed by atoms with Gasteiger partial charge < -0.3 is 5.41 Å². The van der Waals surface area contributed by atoms with Crippen molar-refractivity contribution in [3.63, 3.8) is 0 Å². The van der Waals surface area contributed by atoms with Gasteiger partial charge in [-0.2, -0.15) is 5.10 Å². The molecule has 0 aliphatic rings. The maximum atomic E-state index is 12.7. The monoisotopic (exact) mass is 474 g/mol. The third-order valence-electron chi connectivity index (χ3n) is 5.12. The second kappa shape index (κ2) is 9.46. The van der Waals surface area contributed by atoms with Crippen molar-refractivity contribution in [2.24, 2.45) is 4.99 Å². The Morgan fingerprint density at radius 2 is 1.91 bits per heavy atom. The second-order valence-electron chi connectivity index (χ2n) is 7.57. The summed E-state index contributed by atoms with van der Waals surface area (Å²) in [6.45, 7) is 0. The van der Waals surface area contributed by atoms with Crippen LogP contribution in [0, 0.1) is 5.41 Å². The van der Waals surface area contributed by atoms with Crippen LogP contribution in [0.5, 0.6) is 0 Å². The van der Waals surface area contributed by atoms with Crippen molar-refractivity contribution in [2.75, 3.05) is 14.1 Å². The number of aromatic nitrogens is 3. The smallest absolute Gasteiger partial charge is 0.242 e. The molecule has 2 aromatic heterocycles. The molecule has 0 radical (unpaired) electrons. The Kier molecular flexibility index (Phi) is 6.44. The zero-order valence-corrected chi connectivity index (χ0v) is 19.4. The number of hydrogen-bond donors (Lipinski definition) is 1. The predicted octanol–water partition coefficient (Wildman–Crippen LogP) is 3.19. The highest BCUT2D eigenvalue weighted by Crippen LogP contribution is 2.25. The fourth-order valence-corrected chi connectivity index (χ4v) is 4.31. The topological polar surface area (TPSA) is 121 Å². The lowest BCUT2D eigenvalue weighted by molar-refractivity contribution is 0.520. The Morgan fingerprint density at radius 3 is 2.68 bits per heavy atom. The van der Waals surface area contributed by atoms with Crippen molar-refractivity contribution in [1.82, 2.24) is 19.1 Å². The van der Waals surface area contributed by atoms with Gasteiger partial charge in [0, 0.05) is 50.6 Å². The number of nitrogens with zero attached hydrogens (tertiary/aromatic N) is 5. The molecule has 4 aromatic rings. The van der Waals surface area contributed by atoms with E-state index in [1.165, 1.54) is 43.2 Å². The van der Waals surface area contributed by atoms with Crippen LogP contribution < -0.4 is 5.43 Å². The van der Waals surface area contributed by atoms with Crippen LogP contribution >= 0.6 is 0 Å². The summed E-state index contributed by atoms with van der Waals surface area (Å²) in [6, 6.07) is 16.9. The SMILES string of the molecule is CN(C)S(=O)(=O)c1cccc(-n2ccc(=O)c(C(CC=N)=Nc3ccnc4ccccc34)n2)c1. The number of fused-ring (bicyclic) bond motifs is 1. The predicted molar refractivity (Wildman–Crippen MR) is 132 cm³/mol. The normalized spacial score (nSPS) is 12.3. The molecule has 2 aromatic carbocycles. The van der Waals surface area contributed by atoms with Crippen LogP contribution in [0.1, 0.15) is 12.1 Å². The minimum atomic E-state index is -3.64. The number of nitrogens with one attached hydrogen (secondary N) is 1. The van der Waals surface area contributed by atoms with E-state index in [-0.39, 0.29) is 22.4 Å². The van der Waals surface area contributed by atoms with Crippen molar-refractivity contribution in [3.05, 3.63) is 89.0 Å². The van der Waals surface area contributed by atoms with Gasteiger partial charge in [-0.15, -0.1) is 0 Å². The van der Waals surface area contributed by atoms with Gasteiger partial charge in [-0.05, 0) is 30.3 Å². The third-order valence-corrected chi connectivity index (χ3v) is 6.93. The molecular formula is C24H22N6O3S. The number of benzene rings is 2. The average Bonchev–Trinajstić information content (AvgIpc) is 2.84. The number of para-hydroxylation sites is 1. The number of rotatable bonds is 7. The van der Waals surface area contributed by atoms with Gasteiger partial charge >= 0.3 is 0 Å². The molecule has 10 heteroatoms. The molecule has 4 rings (SSSR count). The van der Waals surface area contributed by atoms with Gasteiger partial charge in [0.25, 0.3) is 0 Å². The van der Waals surface area contributed by atoms with Crippen LogP contribution in [0.15, 0.2) is 87.7 Å². The molecule has 0 saturated carbocycles. The lowest BCUT2D eigenvalue weighted by atomic mass is 10.1. The Morgan fingerprint density at radius 1 is 1.12 bits per heavy atom. The quantitative estimate of drug-likeness (QED) is 0.412. The Hall–Kier alpha value is -4.02. The molecule has 2 heterocycles. The van der Waals surface area contributed by atoms with E-state index in [2.05, 4.69) is 15.1 Å². The zero-order valence-electron chi connectivity index (χ0n) is 18.6. The fourth-order valence-electron chi connectivity index (χ4n) is 3.36. The molecule has 0 atom stereocenters. The van der Waals surface area contributed by atoms with E-state index in [9.17, 15) is 13.2 Å². The number of aliphatic imine (C=N–C) groups is 1. The van der Waals surface area contributed by atoms with E-state index in [0.717, 1.165) is 21.4 Å². The fraction of sp³-hybridized carbons (Fsp3) is 0.125. The summed E-state index contributed by atoms with van der Waals surface area (Å²) in [7, 11) is -0.723. The zero-order chi connectivity index (χ0) is 24.3. The minimum Gasteiger partial charge on any atom is -0.313 e. The molecule has 1 N–H and O–H groups in total. The standard InChI is InChI=1S/C24H22N6O3S/c1-29(2)34(32,33)18-7-5-6-17(16-18)30-15-12-23(31)24(28-30)22(10-13-25)27-21-11-14-26-20-9-4-3-8-19(20)21/h3-9,11-16,25H,10H2,1-2H3. The van der Waals surface area contributed by atoms with E-state index in [0.29, 0.717) is 17.1 Å². The van der Waals surface area contributed by atoms with Crippen LogP contribution in [-0.4, -0.2) is 53.5 Å². The first kappa shape index (κ1) is 23.1. The van der Waals surface area contributed by atoms with Gasteiger partial charge in [-0.25, -0.2) is 22.4 Å². The van der Waals surface area contributed by atoms with Gasteiger partial charge in [0.15, 0.2) is 5.69 Å². The molecule has 0 aliphatic carbocycles. The Labute approximate surface area is 196 Å². The highest BCUT2D eigenvalue weighted by atomic mass is 32.2. The van der Waals surface area contributed by atoms with Gasteiger partial charge in [-0.3, -0.25) is 9.78 Å². The molecule has 0 fully saturated rings. The lowest BCUT2D eigenvalue weighted by Crippen LogP contribution is -2.23. The van der Waals surface area contributed by atoms with E-state index in [4.69, 9.17) is 5.41 Å². The van der Waals surface area contributed by atoms with Crippen LogP contribution in [0.25, 0.3) is 16.6 Å². The molecular weight excluding hydrogens is 452 g/mol. The summed E-state index contributed by atoms with van der Waals surface area (Å²) in [5.74, 6) is 0. The van der Waals surface area contributed by atoms with Crippen molar-refractivity contribution in [2.45, 2.75) is 11.3 Å². The highest BCUT2D eigenvalue weighted by molar-refractivity contribution is 7.89. The van der Waals surface area contributed by atoms with Gasteiger partial charge in [0.2, 0.25) is 15.5 Å². The van der Waals surface area contributed by atoms with Crippen LogP contribution in [0.2, 0.25) is 0 Å². The molecule has 0 amide bonds. The molecule has 9 nitrogen and oxygen atoms in total. The third kappa shape index (κ3) is 4.54. The summed E-state index contributed by atoms with van der Waals surface area (Å²) < 4.78 is 27.6. The van der Waals surface area contributed by atoms with E-state index in [1.54, 1.807) is 24.4 Å². The van der Waals surface area contributed by atoms with Crippen molar-refractivity contribution < 1.29 is 8.42 Å². The molecule has 0 aliphatic heterocycles. The average molecular weight is 475 g/mol. The van der Waals surface area contributed by atoms with Crippen molar-refractivity contribution >= 4 is 38.5 Å². The molecule has 0 saturated heterocycles. The molecule has 172 valence electrons. The molecule has 0 bridgehead atoms. The Bertz CT molecular complexity index is 1570.